The average Bonchev–Trinajstić information content (AvgIpc) is 3.05. The molecule has 2 atom stereocenters. The molecule has 2 unspecified atom stereocenters. The molecule has 1 aliphatic heterocycles. The van der Waals surface area contributed by atoms with E-state index in [4.69, 9.17) is 0 Å². The van der Waals surface area contributed by atoms with Crippen LogP contribution in [0.2, 0.25) is 0 Å². The minimum atomic E-state index is -1.04. The van der Waals surface area contributed by atoms with Crippen LogP contribution in [0.5, 0.6) is 0 Å². The summed E-state index contributed by atoms with van der Waals surface area (Å²) in [6.07, 6.45) is 1.53. The van der Waals surface area contributed by atoms with Crippen LogP contribution in [0.25, 0.3) is 0 Å². The van der Waals surface area contributed by atoms with Gasteiger partial charge in [-0.3, -0.25) is 14.9 Å². The quantitative estimate of drug-likeness (QED) is 0.657. The summed E-state index contributed by atoms with van der Waals surface area (Å²) >= 11 is 2.22. The van der Waals surface area contributed by atoms with Crippen molar-refractivity contribution in [3.05, 3.63) is 27.1 Å². The molecule has 0 aliphatic carbocycles. The van der Waals surface area contributed by atoms with Gasteiger partial charge in [-0.15, -0.1) is 11.8 Å². The van der Waals surface area contributed by atoms with E-state index in [1.165, 1.54) is 28.8 Å². The van der Waals surface area contributed by atoms with E-state index in [2.05, 4.69) is 0 Å². The lowest BCUT2D eigenvalue weighted by molar-refractivity contribution is -0.380. The Hall–Kier alpha value is -1.61. The van der Waals surface area contributed by atoms with Crippen LogP contribution in [0.4, 0.5) is 5.00 Å². The van der Waals surface area contributed by atoms with Crippen LogP contribution >= 0.6 is 23.1 Å². The number of amides is 1. The lowest BCUT2D eigenvalue weighted by Crippen LogP contribution is -2.45. The third-order valence-corrected chi connectivity index (χ3v) is 5.51. The van der Waals surface area contributed by atoms with Gasteiger partial charge in [-0.05, 0) is 12.5 Å². The summed E-state index contributed by atoms with van der Waals surface area (Å²) < 4.78 is 0. The topological polar surface area (TPSA) is 101 Å². The number of carboxylic acid groups (broad SMARTS) is 1. The summed E-state index contributed by atoms with van der Waals surface area (Å²) in [5.41, 5.74) is 0. The first kappa shape index (κ1) is 15.8. The van der Waals surface area contributed by atoms with Crippen molar-refractivity contribution in [2.45, 2.75) is 31.2 Å². The Morgan fingerprint density at radius 3 is 2.76 bits per heavy atom. The molecule has 1 amide bonds. The zero-order valence-electron chi connectivity index (χ0n) is 11.2. The van der Waals surface area contributed by atoms with Gasteiger partial charge < -0.3 is 10.0 Å². The van der Waals surface area contributed by atoms with E-state index in [9.17, 15) is 24.8 Å². The van der Waals surface area contributed by atoms with E-state index in [-0.39, 0.29) is 15.3 Å². The highest BCUT2D eigenvalue weighted by atomic mass is 32.2. The van der Waals surface area contributed by atoms with Crippen molar-refractivity contribution in [2.75, 3.05) is 5.75 Å². The summed E-state index contributed by atoms with van der Waals surface area (Å²) in [7, 11) is 0. The van der Waals surface area contributed by atoms with Crippen LogP contribution in [0.3, 0.4) is 0 Å². The van der Waals surface area contributed by atoms with Gasteiger partial charge in [-0.2, -0.15) is 0 Å². The minimum absolute atomic E-state index is 0.121. The normalized spacial score (nSPS) is 21.5. The lowest BCUT2D eigenvalue weighted by atomic mass is 10.2. The average molecular weight is 330 g/mol. The second-order valence-electron chi connectivity index (χ2n) is 4.54. The van der Waals surface area contributed by atoms with E-state index in [1.54, 1.807) is 0 Å². The molecular weight excluding hydrogens is 316 g/mol. The highest BCUT2D eigenvalue weighted by Crippen LogP contribution is 2.35. The molecule has 0 radical (unpaired) electrons. The molecular formula is C12H14N2O5S2. The largest absolute Gasteiger partial charge is 0.480 e. The zero-order valence-corrected chi connectivity index (χ0v) is 12.9. The molecule has 0 aromatic carbocycles. The maximum Gasteiger partial charge on any atom is 0.327 e. The molecule has 1 N–H and O–H groups in total. The van der Waals surface area contributed by atoms with Gasteiger partial charge in [0.15, 0.2) is 0 Å². The van der Waals surface area contributed by atoms with Crippen molar-refractivity contribution in [1.29, 1.82) is 0 Å². The van der Waals surface area contributed by atoms with Gasteiger partial charge in [-0.25, -0.2) is 4.79 Å². The van der Waals surface area contributed by atoms with Crippen molar-refractivity contribution < 1.29 is 19.6 Å². The summed E-state index contributed by atoms with van der Waals surface area (Å²) in [6.45, 7) is 1.97. The van der Waals surface area contributed by atoms with Gasteiger partial charge in [0.05, 0.1) is 15.2 Å². The summed E-state index contributed by atoms with van der Waals surface area (Å²) in [4.78, 5) is 35.5. The third kappa shape index (κ3) is 3.18. The smallest absolute Gasteiger partial charge is 0.327 e. The molecule has 1 aromatic rings. The molecule has 0 bridgehead atoms. The Morgan fingerprint density at radius 1 is 1.52 bits per heavy atom. The second kappa shape index (κ2) is 6.44. The Labute approximate surface area is 129 Å². The first-order chi connectivity index (χ1) is 9.95. The molecule has 9 heteroatoms. The highest BCUT2D eigenvalue weighted by Gasteiger charge is 2.42. The van der Waals surface area contributed by atoms with Crippen molar-refractivity contribution in [3.63, 3.8) is 0 Å². The van der Waals surface area contributed by atoms with Gasteiger partial charge in [0, 0.05) is 11.8 Å². The molecule has 1 aromatic heterocycles. The summed E-state index contributed by atoms with van der Waals surface area (Å²) in [6, 6.07) is 1.78. The van der Waals surface area contributed by atoms with E-state index >= 15 is 0 Å². The Kier molecular flexibility index (Phi) is 4.84. The van der Waals surface area contributed by atoms with Gasteiger partial charge in [0.25, 0.3) is 5.91 Å². The first-order valence-electron chi connectivity index (χ1n) is 6.37. The van der Waals surface area contributed by atoms with E-state index in [1.807, 2.05) is 6.92 Å². The van der Waals surface area contributed by atoms with Crippen molar-refractivity contribution in [2.24, 2.45) is 0 Å². The monoisotopic (exact) mass is 330 g/mol. The Balaban J connectivity index is 2.27. The number of thioether (sulfide) groups is 1. The first-order valence-corrected chi connectivity index (χ1v) is 8.23. The van der Waals surface area contributed by atoms with Gasteiger partial charge in [0.2, 0.25) is 0 Å². The number of rotatable bonds is 5. The van der Waals surface area contributed by atoms with Crippen LogP contribution in [0, 0.1) is 10.1 Å². The fourth-order valence-corrected chi connectivity index (χ4v) is 4.44. The predicted octanol–water partition coefficient (Wildman–Crippen LogP) is 2.42. The molecule has 1 fully saturated rings. The number of nitro groups is 1. The number of carbonyl (C=O) groups is 2. The van der Waals surface area contributed by atoms with Crippen molar-refractivity contribution >= 4 is 40.0 Å². The number of hydrogen-bond donors (Lipinski definition) is 1. The highest BCUT2D eigenvalue weighted by molar-refractivity contribution is 8.00. The maximum absolute atomic E-state index is 12.5. The van der Waals surface area contributed by atoms with E-state index < -0.39 is 22.8 Å². The van der Waals surface area contributed by atoms with Gasteiger partial charge in [0.1, 0.15) is 6.04 Å². The molecule has 1 saturated heterocycles. The molecule has 2 heterocycles. The van der Waals surface area contributed by atoms with E-state index in [0.717, 1.165) is 17.8 Å². The Bertz CT molecular complexity index is 574. The Morgan fingerprint density at radius 2 is 2.24 bits per heavy atom. The van der Waals surface area contributed by atoms with Crippen LogP contribution in [-0.4, -0.2) is 44.0 Å². The maximum atomic E-state index is 12.5. The standard InChI is InChI=1S/C12H14N2O5S2/c1-2-3-9-13(7(6-20-9)12(16)17)11(15)8-4-5-10(21-8)14(18)19/h4-5,7,9H,2-3,6H2,1H3,(H,16,17). The van der Waals surface area contributed by atoms with Gasteiger partial charge >= 0.3 is 11.0 Å². The number of carbonyl (C=O) groups excluding carboxylic acids is 1. The number of thiophene rings is 1. The fraction of sp³-hybridized carbons (Fsp3) is 0.500. The molecule has 0 spiro atoms. The molecule has 7 nitrogen and oxygen atoms in total. The van der Waals surface area contributed by atoms with Gasteiger partial charge in [-0.1, -0.05) is 24.7 Å². The van der Waals surface area contributed by atoms with Crippen LogP contribution in [0.1, 0.15) is 29.4 Å². The second-order valence-corrected chi connectivity index (χ2v) is 6.81. The lowest BCUT2D eigenvalue weighted by Gasteiger charge is -2.26. The van der Waals surface area contributed by atoms with E-state index in [0.29, 0.717) is 12.2 Å². The molecule has 2 rings (SSSR count). The summed E-state index contributed by atoms with van der Waals surface area (Å²) in [5.74, 6) is -1.14. The van der Waals surface area contributed by atoms with Crippen molar-refractivity contribution in [1.82, 2.24) is 4.90 Å². The molecule has 114 valence electrons. The number of carboxylic acids is 1. The predicted molar refractivity (Wildman–Crippen MR) is 79.7 cm³/mol. The fourth-order valence-electron chi connectivity index (χ4n) is 2.16. The van der Waals surface area contributed by atoms with Crippen LogP contribution in [-0.2, 0) is 4.79 Å². The molecule has 0 saturated carbocycles. The number of nitrogens with zero attached hydrogens (tertiary/aromatic N) is 2. The third-order valence-electron chi connectivity index (χ3n) is 3.13. The molecule has 1 aliphatic rings. The van der Waals surface area contributed by atoms with Crippen LogP contribution < -0.4 is 0 Å². The summed E-state index contributed by atoms with van der Waals surface area (Å²) in [5, 5.41) is 19.6. The van der Waals surface area contributed by atoms with Crippen LogP contribution in [0.15, 0.2) is 12.1 Å². The zero-order chi connectivity index (χ0) is 15.6. The number of aliphatic carboxylic acids is 1. The SMILES string of the molecule is CCCC1SCC(C(=O)O)N1C(=O)c1ccc([N+](=O)[O-])s1. The minimum Gasteiger partial charge on any atom is -0.480 e. The van der Waals surface area contributed by atoms with Crippen molar-refractivity contribution in [3.8, 4) is 0 Å². The number of hydrogen-bond acceptors (Lipinski definition) is 6. The molecule has 21 heavy (non-hydrogen) atoms.